The standard InChI is InChI=1S/C22H28N2O4/c1-16-20(14-23-24(16)13-12-21(25)27-2)18-8-10-19(11-9-18)22(26)28-15-17-6-4-3-5-7-17/h3-7,14,18-19H,8-13,15H2,1-2H3/t18-,19-. The molecule has 0 amide bonds. The van der Waals surface area contributed by atoms with Crippen LogP contribution in [0.3, 0.4) is 0 Å². The van der Waals surface area contributed by atoms with E-state index in [0.29, 0.717) is 25.5 Å². The molecule has 0 radical (unpaired) electrons. The third-order valence-corrected chi connectivity index (χ3v) is 5.62. The summed E-state index contributed by atoms with van der Waals surface area (Å²) >= 11 is 0. The van der Waals surface area contributed by atoms with Crippen LogP contribution in [0.2, 0.25) is 0 Å². The number of ether oxygens (including phenoxy) is 2. The van der Waals surface area contributed by atoms with E-state index in [-0.39, 0.29) is 17.9 Å². The molecule has 1 aromatic carbocycles. The number of methoxy groups -OCH3 is 1. The Bertz CT molecular complexity index is 792. The maximum atomic E-state index is 12.4. The second kappa shape index (κ2) is 9.53. The maximum absolute atomic E-state index is 12.4. The van der Waals surface area contributed by atoms with Crippen molar-refractivity contribution in [2.24, 2.45) is 5.92 Å². The number of aryl methyl sites for hydroxylation is 1. The molecule has 0 spiro atoms. The van der Waals surface area contributed by atoms with Crippen LogP contribution in [0.25, 0.3) is 0 Å². The topological polar surface area (TPSA) is 70.4 Å². The number of carbonyl (C=O) groups is 2. The molecule has 1 saturated carbocycles. The average Bonchev–Trinajstić information content (AvgIpc) is 3.11. The van der Waals surface area contributed by atoms with Crippen molar-refractivity contribution in [1.29, 1.82) is 0 Å². The summed E-state index contributed by atoms with van der Waals surface area (Å²) in [7, 11) is 1.40. The third-order valence-electron chi connectivity index (χ3n) is 5.62. The van der Waals surface area contributed by atoms with Gasteiger partial charge >= 0.3 is 11.9 Å². The highest BCUT2D eigenvalue weighted by Crippen LogP contribution is 2.37. The van der Waals surface area contributed by atoms with E-state index in [2.05, 4.69) is 5.10 Å². The minimum Gasteiger partial charge on any atom is -0.469 e. The van der Waals surface area contributed by atoms with Crippen molar-refractivity contribution in [3.05, 3.63) is 53.3 Å². The molecule has 6 heteroatoms. The van der Waals surface area contributed by atoms with E-state index >= 15 is 0 Å². The van der Waals surface area contributed by atoms with Crippen molar-refractivity contribution < 1.29 is 19.1 Å². The Morgan fingerprint density at radius 1 is 1.14 bits per heavy atom. The first kappa shape index (κ1) is 20.1. The summed E-state index contributed by atoms with van der Waals surface area (Å²) in [6, 6.07) is 9.77. The highest BCUT2D eigenvalue weighted by Gasteiger charge is 2.29. The van der Waals surface area contributed by atoms with Gasteiger partial charge in [-0.15, -0.1) is 0 Å². The second-order valence-electron chi connectivity index (χ2n) is 7.38. The van der Waals surface area contributed by atoms with E-state index in [1.807, 2.05) is 48.1 Å². The Morgan fingerprint density at radius 2 is 1.86 bits per heavy atom. The number of hydrogen-bond donors (Lipinski definition) is 0. The van der Waals surface area contributed by atoms with Crippen molar-refractivity contribution in [3.8, 4) is 0 Å². The number of aromatic nitrogens is 2. The van der Waals surface area contributed by atoms with Crippen LogP contribution < -0.4 is 0 Å². The van der Waals surface area contributed by atoms with Crippen LogP contribution in [0, 0.1) is 12.8 Å². The summed E-state index contributed by atoms with van der Waals surface area (Å²) < 4.78 is 12.1. The minimum atomic E-state index is -0.231. The molecule has 6 nitrogen and oxygen atoms in total. The van der Waals surface area contributed by atoms with E-state index in [1.54, 1.807) is 0 Å². The Hall–Kier alpha value is -2.63. The Balaban J connectivity index is 1.49. The first-order valence-electron chi connectivity index (χ1n) is 9.88. The molecule has 0 atom stereocenters. The molecule has 150 valence electrons. The molecule has 2 aromatic rings. The van der Waals surface area contributed by atoms with E-state index in [4.69, 9.17) is 9.47 Å². The predicted molar refractivity (Wildman–Crippen MR) is 105 cm³/mol. The zero-order chi connectivity index (χ0) is 19.9. The molecular weight excluding hydrogens is 356 g/mol. The fourth-order valence-corrected chi connectivity index (χ4v) is 3.87. The number of hydrogen-bond acceptors (Lipinski definition) is 5. The van der Waals surface area contributed by atoms with Gasteiger partial charge in [-0.3, -0.25) is 14.3 Å². The van der Waals surface area contributed by atoms with Crippen LogP contribution in [-0.4, -0.2) is 28.8 Å². The highest BCUT2D eigenvalue weighted by atomic mass is 16.5. The summed E-state index contributed by atoms with van der Waals surface area (Å²) in [5, 5.41) is 4.43. The fraction of sp³-hybridized carbons (Fsp3) is 0.500. The van der Waals surface area contributed by atoms with Crippen LogP contribution in [0.4, 0.5) is 0 Å². The van der Waals surface area contributed by atoms with Crippen LogP contribution in [0.5, 0.6) is 0 Å². The monoisotopic (exact) mass is 384 g/mol. The third kappa shape index (κ3) is 5.00. The van der Waals surface area contributed by atoms with Gasteiger partial charge in [0.2, 0.25) is 0 Å². The molecule has 1 heterocycles. The second-order valence-corrected chi connectivity index (χ2v) is 7.38. The molecule has 0 N–H and O–H groups in total. The Labute approximate surface area is 165 Å². The SMILES string of the molecule is COC(=O)CCn1ncc([C@H]2CC[C@H](C(=O)OCc3ccccc3)CC2)c1C. The summed E-state index contributed by atoms with van der Waals surface area (Å²) in [5.74, 6) is 0.0680. The van der Waals surface area contributed by atoms with Gasteiger partial charge in [0.15, 0.2) is 0 Å². The van der Waals surface area contributed by atoms with Crippen molar-refractivity contribution in [3.63, 3.8) is 0 Å². The number of carbonyl (C=O) groups excluding carboxylic acids is 2. The normalized spacial score (nSPS) is 19.2. The zero-order valence-electron chi connectivity index (χ0n) is 16.6. The zero-order valence-corrected chi connectivity index (χ0v) is 16.6. The van der Waals surface area contributed by atoms with Gasteiger partial charge < -0.3 is 9.47 Å². The van der Waals surface area contributed by atoms with Crippen molar-refractivity contribution in [2.45, 2.75) is 58.1 Å². The van der Waals surface area contributed by atoms with Gasteiger partial charge in [-0.25, -0.2) is 0 Å². The molecular formula is C22H28N2O4. The highest BCUT2D eigenvalue weighted by molar-refractivity contribution is 5.72. The first-order chi connectivity index (χ1) is 13.6. The number of esters is 2. The molecule has 0 aliphatic heterocycles. The van der Waals surface area contributed by atoms with E-state index in [1.165, 1.54) is 12.7 Å². The van der Waals surface area contributed by atoms with Gasteiger partial charge in [-0.05, 0) is 49.7 Å². The molecule has 1 aliphatic rings. The molecule has 1 fully saturated rings. The molecule has 28 heavy (non-hydrogen) atoms. The van der Waals surface area contributed by atoms with Crippen molar-refractivity contribution in [2.75, 3.05) is 7.11 Å². The minimum absolute atomic E-state index is 0.0189. The van der Waals surface area contributed by atoms with Gasteiger partial charge in [-0.2, -0.15) is 5.10 Å². The lowest BCUT2D eigenvalue weighted by Crippen LogP contribution is -2.23. The smallest absolute Gasteiger partial charge is 0.309 e. The fourth-order valence-electron chi connectivity index (χ4n) is 3.87. The Kier molecular flexibility index (Phi) is 6.85. The van der Waals surface area contributed by atoms with Crippen LogP contribution >= 0.6 is 0 Å². The summed E-state index contributed by atoms with van der Waals surface area (Å²) in [4.78, 5) is 23.7. The van der Waals surface area contributed by atoms with E-state index < -0.39 is 0 Å². The van der Waals surface area contributed by atoms with Crippen molar-refractivity contribution >= 4 is 11.9 Å². The van der Waals surface area contributed by atoms with Gasteiger partial charge in [0.1, 0.15) is 6.61 Å². The van der Waals surface area contributed by atoms with Gasteiger partial charge in [0.05, 0.1) is 32.2 Å². The van der Waals surface area contributed by atoms with Crippen LogP contribution in [-0.2, 0) is 32.2 Å². The van der Waals surface area contributed by atoms with Gasteiger partial charge in [-0.1, -0.05) is 30.3 Å². The van der Waals surface area contributed by atoms with Gasteiger partial charge in [0.25, 0.3) is 0 Å². The predicted octanol–water partition coefficient (Wildman–Crippen LogP) is 3.77. The lowest BCUT2D eigenvalue weighted by molar-refractivity contribution is -0.151. The summed E-state index contributed by atoms with van der Waals surface area (Å²) in [5.41, 5.74) is 3.33. The average molecular weight is 384 g/mol. The molecule has 1 aliphatic carbocycles. The number of rotatable bonds is 7. The lowest BCUT2D eigenvalue weighted by atomic mass is 9.79. The molecule has 0 bridgehead atoms. The quantitative estimate of drug-likeness (QED) is 0.680. The molecule has 1 aromatic heterocycles. The first-order valence-corrected chi connectivity index (χ1v) is 9.88. The molecule has 0 unspecified atom stereocenters. The molecule has 3 rings (SSSR count). The van der Waals surface area contributed by atoms with Crippen molar-refractivity contribution in [1.82, 2.24) is 9.78 Å². The van der Waals surface area contributed by atoms with E-state index in [0.717, 1.165) is 36.9 Å². The summed E-state index contributed by atoms with van der Waals surface area (Å²) in [6.07, 6.45) is 5.81. The lowest BCUT2D eigenvalue weighted by Gasteiger charge is -2.27. The van der Waals surface area contributed by atoms with Crippen LogP contribution in [0.15, 0.2) is 36.5 Å². The summed E-state index contributed by atoms with van der Waals surface area (Å²) in [6.45, 7) is 2.91. The largest absolute Gasteiger partial charge is 0.469 e. The van der Waals surface area contributed by atoms with E-state index in [9.17, 15) is 9.59 Å². The number of nitrogens with zero attached hydrogens (tertiary/aromatic N) is 2. The maximum Gasteiger partial charge on any atom is 0.309 e. The number of benzene rings is 1. The Morgan fingerprint density at radius 3 is 2.54 bits per heavy atom. The van der Waals surface area contributed by atoms with Crippen LogP contribution in [0.1, 0.15) is 54.8 Å². The molecule has 0 saturated heterocycles. The van der Waals surface area contributed by atoms with Gasteiger partial charge in [0, 0.05) is 5.69 Å².